The molecular weight excluding hydrogens is 216 g/mol. The molecule has 1 aromatic rings. The Labute approximate surface area is 101 Å². The van der Waals surface area contributed by atoms with Gasteiger partial charge in [0.05, 0.1) is 6.10 Å². The number of anilines is 1. The van der Waals surface area contributed by atoms with E-state index in [1.165, 1.54) is 0 Å². The van der Waals surface area contributed by atoms with Crippen molar-refractivity contribution in [3.05, 3.63) is 29.8 Å². The maximum absolute atomic E-state index is 11.8. The molecule has 0 aromatic heterocycles. The highest BCUT2D eigenvalue weighted by molar-refractivity contribution is 5.94. The Bertz CT molecular complexity index is 389. The van der Waals surface area contributed by atoms with Crippen LogP contribution in [0.3, 0.4) is 0 Å². The van der Waals surface area contributed by atoms with Crippen molar-refractivity contribution < 1.29 is 9.90 Å². The van der Waals surface area contributed by atoms with Gasteiger partial charge >= 0.3 is 0 Å². The van der Waals surface area contributed by atoms with Crippen molar-refractivity contribution in [3.8, 4) is 0 Å². The number of rotatable bonds is 3. The standard InChI is InChI=1S/C13H18N2O2/c14-11-4-2-10(3-5-11)13(17)15-8-9-1-6-12(16)7-9/h2-5,9,12,16H,1,6-8,14H2,(H,15,17). The quantitative estimate of drug-likeness (QED) is 0.687. The summed E-state index contributed by atoms with van der Waals surface area (Å²) in [6.45, 7) is 0.639. The number of amides is 1. The summed E-state index contributed by atoms with van der Waals surface area (Å²) >= 11 is 0. The summed E-state index contributed by atoms with van der Waals surface area (Å²) in [7, 11) is 0. The van der Waals surface area contributed by atoms with E-state index in [4.69, 9.17) is 5.73 Å². The summed E-state index contributed by atoms with van der Waals surface area (Å²) in [4.78, 5) is 11.8. The van der Waals surface area contributed by atoms with E-state index in [0.717, 1.165) is 19.3 Å². The van der Waals surface area contributed by atoms with Crippen molar-refractivity contribution >= 4 is 11.6 Å². The molecule has 92 valence electrons. The van der Waals surface area contributed by atoms with Crippen LogP contribution in [-0.2, 0) is 0 Å². The van der Waals surface area contributed by atoms with Gasteiger partial charge in [-0.2, -0.15) is 0 Å². The summed E-state index contributed by atoms with van der Waals surface area (Å²) in [6, 6.07) is 6.87. The van der Waals surface area contributed by atoms with E-state index in [2.05, 4.69) is 5.32 Å². The molecule has 1 saturated carbocycles. The van der Waals surface area contributed by atoms with Crippen LogP contribution in [0.5, 0.6) is 0 Å². The van der Waals surface area contributed by atoms with Crippen LogP contribution >= 0.6 is 0 Å². The number of hydrogen-bond donors (Lipinski definition) is 3. The minimum atomic E-state index is -0.187. The maximum Gasteiger partial charge on any atom is 0.251 e. The highest BCUT2D eigenvalue weighted by Crippen LogP contribution is 2.24. The van der Waals surface area contributed by atoms with E-state index in [9.17, 15) is 9.90 Å². The number of nitrogens with two attached hydrogens (primary N) is 1. The number of carbonyl (C=O) groups is 1. The maximum atomic E-state index is 11.8. The predicted molar refractivity (Wildman–Crippen MR) is 66.5 cm³/mol. The normalized spacial score (nSPS) is 23.6. The van der Waals surface area contributed by atoms with Gasteiger partial charge in [0.2, 0.25) is 0 Å². The molecule has 1 amide bonds. The van der Waals surface area contributed by atoms with Crippen LogP contribution in [0.25, 0.3) is 0 Å². The lowest BCUT2D eigenvalue weighted by molar-refractivity contribution is 0.0945. The van der Waals surface area contributed by atoms with Crippen LogP contribution in [-0.4, -0.2) is 23.7 Å². The van der Waals surface area contributed by atoms with E-state index in [0.29, 0.717) is 23.7 Å². The molecule has 17 heavy (non-hydrogen) atoms. The van der Waals surface area contributed by atoms with E-state index in [-0.39, 0.29) is 12.0 Å². The van der Waals surface area contributed by atoms with Crippen LogP contribution < -0.4 is 11.1 Å². The summed E-state index contributed by atoms with van der Waals surface area (Å²) in [5.74, 6) is 0.328. The lowest BCUT2D eigenvalue weighted by Gasteiger charge is -2.10. The Hall–Kier alpha value is -1.55. The number of aliphatic hydroxyl groups excluding tert-OH is 1. The first kappa shape index (κ1) is 11.9. The summed E-state index contributed by atoms with van der Waals surface area (Å²) in [5, 5.41) is 12.3. The first-order valence-electron chi connectivity index (χ1n) is 5.97. The molecule has 0 aliphatic heterocycles. The SMILES string of the molecule is Nc1ccc(C(=O)NCC2CCC(O)C2)cc1. The van der Waals surface area contributed by atoms with Crippen LogP contribution in [0.1, 0.15) is 29.6 Å². The Morgan fingerprint density at radius 1 is 1.35 bits per heavy atom. The van der Waals surface area contributed by atoms with Gasteiger partial charge in [-0.3, -0.25) is 4.79 Å². The fourth-order valence-electron chi connectivity index (χ4n) is 2.21. The van der Waals surface area contributed by atoms with Crippen molar-refractivity contribution in [2.75, 3.05) is 12.3 Å². The van der Waals surface area contributed by atoms with Crippen LogP contribution in [0.4, 0.5) is 5.69 Å². The first-order valence-corrected chi connectivity index (χ1v) is 5.97. The van der Waals surface area contributed by atoms with Gasteiger partial charge in [0.15, 0.2) is 0 Å². The molecule has 4 heteroatoms. The van der Waals surface area contributed by atoms with Gasteiger partial charge in [0, 0.05) is 17.8 Å². The van der Waals surface area contributed by atoms with Gasteiger partial charge in [-0.15, -0.1) is 0 Å². The van der Waals surface area contributed by atoms with Gasteiger partial charge < -0.3 is 16.2 Å². The van der Waals surface area contributed by atoms with Crippen molar-refractivity contribution in [1.82, 2.24) is 5.32 Å². The minimum absolute atomic E-state index is 0.0774. The van der Waals surface area contributed by atoms with E-state index < -0.39 is 0 Å². The molecule has 0 radical (unpaired) electrons. The molecule has 2 rings (SSSR count). The third-order valence-electron chi connectivity index (χ3n) is 3.24. The monoisotopic (exact) mass is 234 g/mol. The molecule has 2 atom stereocenters. The number of nitrogen functional groups attached to an aromatic ring is 1. The number of nitrogens with one attached hydrogen (secondary N) is 1. The van der Waals surface area contributed by atoms with Gasteiger partial charge in [-0.25, -0.2) is 0 Å². The molecule has 1 aliphatic carbocycles. The third-order valence-corrected chi connectivity index (χ3v) is 3.24. The minimum Gasteiger partial charge on any atom is -0.399 e. The summed E-state index contributed by atoms with van der Waals surface area (Å²) in [6.07, 6.45) is 2.45. The molecule has 0 spiro atoms. The zero-order valence-corrected chi connectivity index (χ0v) is 9.73. The van der Waals surface area contributed by atoms with Crippen molar-refractivity contribution in [2.24, 2.45) is 5.92 Å². The molecule has 2 unspecified atom stereocenters. The number of aliphatic hydroxyl groups is 1. The van der Waals surface area contributed by atoms with Crippen LogP contribution in [0.15, 0.2) is 24.3 Å². The largest absolute Gasteiger partial charge is 0.399 e. The number of benzene rings is 1. The zero-order valence-electron chi connectivity index (χ0n) is 9.73. The Balaban J connectivity index is 1.83. The molecule has 0 bridgehead atoms. The second-order valence-electron chi connectivity index (χ2n) is 4.66. The van der Waals surface area contributed by atoms with E-state index in [1.54, 1.807) is 24.3 Å². The highest BCUT2D eigenvalue weighted by atomic mass is 16.3. The topological polar surface area (TPSA) is 75.4 Å². The smallest absolute Gasteiger partial charge is 0.251 e. The average molecular weight is 234 g/mol. The molecule has 0 saturated heterocycles. The number of hydrogen-bond acceptors (Lipinski definition) is 3. The molecule has 0 heterocycles. The predicted octanol–water partition coefficient (Wildman–Crippen LogP) is 1.16. The molecule has 1 aliphatic rings. The molecule has 1 aromatic carbocycles. The van der Waals surface area contributed by atoms with Gasteiger partial charge in [-0.1, -0.05) is 0 Å². The Kier molecular flexibility index (Phi) is 3.64. The van der Waals surface area contributed by atoms with Crippen LogP contribution in [0.2, 0.25) is 0 Å². The summed E-state index contributed by atoms with van der Waals surface area (Å²) < 4.78 is 0. The second kappa shape index (κ2) is 5.19. The highest BCUT2D eigenvalue weighted by Gasteiger charge is 2.22. The van der Waals surface area contributed by atoms with Gasteiger partial charge in [0.1, 0.15) is 0 Å². The molecule has 4 N–H and O–H groups in total. The van der Waals surface area contributed by atoms with Gasteiger partial charge in [-0.05, 0) is 49.4 Å². The Morgan fingerprint density at radius 3 is 2.65 bits per heavy atom. The zero-order chi connectivity index (χ0) is 12.3. The third kappa shape index (κ3) is 3.20. The fraction of sp³-hybridized carbons (Fsp3) is 0.462. The van der Waals surface area contributed by atoms with Crippen molar-refractivity contribution in [3.63, 3.8) is 0 Å². The van der Waals surface area contributed by atoms with Crippen molar-refractivity contribution in [1.29, 1.82) is 0 Å². The number of carbonyl (C=O) groups excluding carboxylic acids is 1. The lowest BCUT2D eigenvalue weighted by Crippen LogP contribution is -2.28. The fourth-order valence-corrected chi connectivity index (χ4v) is 2.21. The Morgan fingerprint density at radius 2 is 2.06 bits per heavy atom. The first-order chi connectivity index (χ1) is 8.15. The lowest BCUT2D eigenvalue weighted by atomic mass is 10.1. The van der Waals surface area contributed by atoms with Crippen LogP contribution in [0, 0.1) is 5.92 Å². The van der Waals surface area contributed by atoms with E-state index in [1.807, 2.05) is 0 Å². The average Bonchev–Trinajstić information content (AvgIpc) is 2.73. The second-order valence-corrected chi connectivity index (χ2v) is 4.66. The molecule has 1 fully saturated rings. The van der Waals surface area contributed by atoms with E-state index >= 15 is 0 Å². The molecular formula is C13H18N2O2. The van der Waals surface area contributed by atoms with Gasteiger partial charge in [0.25, 0.3) is 5.91 Å². The van der Waals surface area contributed by atoms with Crippen molar-refractivity contribution in [2.45, 2.75) is 25.4 Å². The summed E-state index contributed by atoms with van der Waals surface area (Å²) in [5.41, 5.74) is 6.83. The molecule has 4 nitrogen and oxygen atoms in total.